The Morgan fingerprint density at radius 2 is 2.05 bits per heavy atom. The summed E-state index contributed by atoms with van der Waals surface area (Å²) in [5.41, 5.74) is -0.565. The summed E-state index contributed by atoms with van der Waals surface area (Å²) in [7, 11) is 2.33. The molecule has 120 valence electrons. The molecule has 2 rings (SSSR count). The molecule has 9 heteroatoms. The number of rotatable bonds is 5. The summed E-state index contributed by atoms with van der Waals surface area (Å²) in [4.78, 5) is 40.9. The van der Waals surface area contributed by atoms with E-state index >= 15 is 0 Å². The van der Waals surface area contributed by atoms with Gasteiger partial charge >= 0.3 is 11.9 Å². The highest BCUT2D eigenvalue weighted by Crippen LogP contribution is 2.44. The molecule has 2 N–H and O–H groups in total. The fourth-order valence-corrected chi connectivity index (χ4v) is 2.88. The van der Waals surface area contributed by atoms with Crippen molar-refractivity contribution < 1.29 is 34.2 Å². The number of fused-ring (bicyclic) bond motifs is 1. The van der Waals surface area contributed by atoms with Gasteiger partial charge in [0.1, 0.15) is 12.8 Å². The number of methoxy groups -OCH3 is 1. The van der Waals surface area contributed by atoms with Crippen LogP contribution in [-0.4, -0.2) is 65.0 Å². The molecule has 9 nitrogen and oxygen atoms in total. The predicted molar refractivity (Wildman–Crippen MR) is 71.5 cm³/mol. The van der Waals surface area contributed by atoms with Crippen molar-refractivity contribution in [2.45, 2.75) is 25.5 Å². The molecule has 1 fully saturated rings. The van der Waals surface area contributed by atoms with Crippen molar-refractivity contribution in [3.8, 4) is 0 Å². The van der Waals surface area contributed by atoms with E-state index in [9.17, 15) is 24.6 Å². The van der Waals surface area contributed by atoms with Crippen LogP contribution in [0.1, 0.15) is 13.3 Å². The molecule has 0 saturated carbocycles. The summed E-state index contributed by atoms with van der Waals surface area (Å²) >= 11 is 0. The molecule has 2 heterocycles. The van der Waals surface area contributed by atoms with Gasteiger partial charge in [0.2, 0.25) is 5.91 Å². The number of carboxylic acids is 1. The third kappa shape index (κ3) is 2.23. The summed E-state index contributed by atoms with van der Waals surface area (Å²) in [6.07, 6.45) is -0.829. The molecule has 2 aliphatic rings. The Morgan fingerprint density at radius 3 is 2.50 bits per heavy atom. The van der Waals surface area contributed by atoms with Gasteiger partial charge in [-0.25, -0.2) is 9.59 Å². The first-order valence-corrected chi connectivity index (χ1v) is 6.52. The van der Waals surface area contributed by atoms with Crippen LogP contribution >= 0.6 is 0 Å². The minimum Gasteiger partial charge on any atom is -0.477 e. The Kier molecular flexibility index (Phi) is 4.18. The number of nitrogens with zero attached hydrogens (tertiary/aromatic N) is 2. The number of ether oxygens (including phenoxy) is 1. The molecular formula is C13H16N2O7. The maximum atomic E-state index is 12.0. The van der Waals surface area contributed by atoms with Gasteiger partial charge in [0.25, 0.3) is 0 Å². The van der Waals surface area contributed by atoms with Crippen molar-refractivity contribution in [1.82, 2.24) is 4.90 Å². The lowest BCUT2D eigenvalue weighted by atomic mass is 9.82. The summed E-state index contributed by atoms with van der Waals surface area (Å²) < 4.78 is 4.57. The Balaban J connectivity index is 2.46. The molecule has 0 unspecified atom stereocenters. The average molecular weight is 312 g/mol. The van der Waals surface area contributed by atoms with Gasteiger partial charge in [-0.2, -0.15) is 0 Å². The summed E-state index contributed by atoms with van der Waals surface area (Å²) in [5.74, 6) is -3.41. The van der Waals surface area contributed by atoms with E-state index in [1.54, 1.807) is 0 Å². The Labute approximate surface area is 125 Å². The van der Waals surface area contributed by atoms with E-state index in [1.807, 2.05) is 0 Å². The van der Waals surface area contributed by atoms with Crippen LogP contribution in [0.4, 0.5) is 0 Å². The number of hydrogen-bond donors (Lipinski definition) is 2. The molecule has 0 aliphatic carbocycles. The van der Waals surface area contributed by atoms with Crippen molar-refractivity contribution in [1.29, 1.82) is 0 Å². The topological polar surface area (TPSA) is 126 Å². The summed E-state index contributed by atoms with van der Waals surface area (Å²) in [5, 5.41) is 22.5. The molecule has 0 aromatic heterocycles. The molecule has 22 heavy (non-hydrogen) atoms. The smallest absolute Gasteiger partial charge is 0.360 e. The summed E-state index contributed by atoms with van der Waals surface area (Å²) in [6.45, 7) is 1.46. The lowest BCUT2D eigenvalue weighted by Gasteiger charge is -2.44. The van der Waals surface area contributed by atoms with E-state index in [4.69, 9.17) is 0 Å². The van der Waals surface area contributed by atoms with Gasteiger partial charge in [-0.1, -0.05) is 5.16 Å². The lowest BCUT2D eigenvalue weighted by molar-refractivity contribution is -0.161. The number of carbonyl (C=O) groups excluding carboxylic acids is 2. The average Bonchev–Trinajstić information content (AvgIpc) is 2.78. The number of esters is 1. The zero-order valence-corrected chi connectivity index (χ0v) is 12.3. The van der Waals surface area contributed by atoms with Crippen molar-refractivity contribution in [3.05, 3.63) is 11.3 Å². The Hall–Kier alpha value is -2.42. The highest BCUT2D eigenvalue weighted by atomic mass is 16.6. The zero-order valence-electron chi connectivity index (χ0n) is 12.3. The van der Waals surface area contributed by atoms with E-state index in [-0.39, 0.29) is 23.4 Å². The van der Waals surface area contributed by atoms with Crippen LogP contribution in [0.15, 0.2) is 16.4 Å². The fourth-order valence-electron chi connectivity index (χ4n) is 2.88. The van der Waals surface area contributed by atoms with Gasteiger partial charge in [-0.15, -0.1) is 0 Å². The monoisotopic (exact) mass is 312 g/mol. The fraction of sp³-hybridized carbons (Fsp3) is 0.538. The van der Waals surface area contributed by atoms with Crippen LogP contribution in [0.5, 0.6) is 0 Å². The van der Waals surface area contributed by atoms with Gasteiger partial charge in [-0.3, -0.25) is 4.79 Å². The first kappa shape index (κ1) is 16.0. The molecule has 1 amide bonds. The second kappa shape index (κ2) is 5.76. The minimum absolute atomic E-state index is 0.0581. The van der Waals surface area contributed by atoms with Crippen molar-refractivity contribution >= 4 is 23.6 Å². The highest BCUT2D eigenvalue weighted by molar-refractivity contribution is 6.44. The van der Waals surface area contributed by atoms with Gasteiger partial charge in [0.15, 0.2) is 5.71 Å². The number of carbonyl (C=O) groups is 3. The molecule has 0 radical (unpaired) electrons. The van der Waals surface area contributed by atoms with Gasteiger partial charge in [-0.05, 0) is 13.3 Å². The number of β-lactam (4-membered cyclic amide) rings is 1. The Bertz CT molecular complexity index is 593. The number of carboxylic acid groups (broad SMARTS) is 1. The normalized spacial score (nSPS) is 25.5. The van der Waals surface area contributed by atoms with Crippen molar-refractivity contribution in [2.24, 2.45) is 11.1 Å². The van der Waals surface area contributed by atoms with E-state index in [0.29, 0.717) is 0 Å². The molecule has 0 aromatic carbocycles. The van der Waals surface area contributed by atoms with E-state index in [2.05, 4.69) is 14.7 Å². The molecular weight excluding hydrogens is 296 g/mol. The summed E-state index contributed by atoms with van der Waals surface area (Å²) in [6, 6.07) is -0.514. The highest BCUT2D eigenvalue weighted by Gasteiger charge is 2.57. The molecule has 1 saturated heterocycles. The number of oxime groups is 1. The second-order valence-electron chi connectivity index (χ2n) is 4.99. The predicted octanol–water partition coefficient (Wildman–Crippen LogP) is -0.888. The first-order valence-electron chi connectivity index (χ1n) is 6.52. The molecule has 0 bridgehead atoms. The lowest BCUT2D eigenvalue weighted by Crippen LogP contribution is -2.61. The van der Waals surface area contributed by atoms with Gasteiger partial charge in [0.05, 0.1) is 25.2 Å². The minimum atomic E-state index is -1.36. The van der Waals surface area contributed by atoms with Crippen LogP contribution in [0.2, 0.25) is 0 Å². The quantitative estimate of drug-likeness (QED) is 0.292. The van der Waals surface area contributed by atoms with Crippen LogP contribution in [-0.2, 0) is 24.0 Å². The number of amides is 1. The maximum absolute atomic E-state index is 12.0. The largest absolute Gasteiger partial charge is 0.477 e. The molecule has 0 spiro atoms. The van der Waals surface area contributed by atoms with E-state index in [1.165, 1.54) is 14.0 Å². The van der Waals surface area contributed by atoms with Crippen LogP contribution < -0.4 is 0 Å². The standard InChI is InChI=1S/C13H16N2O7/c1-5(16)8-7-4-6(9(14-22-3)13(20)21-2)10(12(18)19)15(7)11(8)17/h5,7-8,16H,4H2,1-3H3,(H,18,19)/b14-9+/t5-,7-,8-/m1/s1. The van der Waals surface area contributed by atoms with Crippen molar-refractivity contribution in [3.63, 3.8) is 0 Å². The number of aliphatic carboxylic acids is 1. The third-order valence-electron chi connectivity index (χ3n) is 3.78. The molecule has 2 aliphatic heterocycles. The van der Waals surface area contributed by atoms with Crippen LogP contribution in [0, 0.1) is 5.92 Å². The maximum Gasteiger partial charge on any atom is 0.360 e. The Morgan fingerprint density at radius 1 is 1.41 bits per heavy atom. The van der Waals surface area contributed by atoms with Crippen LogP contribution in [0.25, 0.3) is 0 Å². The third-order valence-corrected chi connectivity index (χ3v) is 3.78. The molecule has 3 atom stereocenters. The van der Waals surface area contributed by atoms with Crippen LogP contribution in [0.3, 0.4) is 0 Å². The zero-order chi connectivity index (χ0) is 16.6. The SMILES string of the molecule is CO/N=C(/C(=O)OC)C1=C(C(=O)O)N2C(=O)[C@H]([C@@H](C)O)[C@H]2C1. The number of aliphatic hydroxyl groups is 1. The van der Waals surface area contributed by atoms with E-state index in [0.717, 1.165) is 12.0 Å². The molecule has 0 aromatic rings. The number of hydrogen-bond acceptors (Lipinski definition) is 7. The number of aliphatic hydroxyl groups excluding tert-OH is 1. The second-order valence-corrected chi connectivity index (χ2v) is 4.99. The first-order chi connectivity index (χ1) is 10.3. The van der Waals surface area contributed by atoms with Gasteiger partial charge < -0.3 is 24.7 Å². The van der Waals surface area contributed by atoms with Gasteiger partial charge in [0, 0.05) is 5.57 Å². The van der Waals surface area contributed by atoms with E-state index < -0.39 is 35.9 Å². The van der Waals surface area contributed by atoms with Crippen molar-refractivity contribution in [2.75, 3.05) is 14.2 Å².